The fourth-order valence-corrected chi connectivity index (χ4v) is 2.21. The van der Waals surface area contributed by atoms with E-state index < -0.39 is 0 Å². The van der Waals surface area contributed by atoms with Gasteiger partial charge in [-0.25, -0.2) is 0 Å². The maximum atomic E-state index is 5.26. The number of rotatable bonds is 3. The number of anilines is 1. The molecular formula is C12H16BrNO. The van der Waals surface area contributed by atoms with Crippen molar-refractivity contribution in [2.45, 2.75) is 31.9 Å². The third-order valence-corrected chi connectivity index (χ3v) is 3.48. The van der Waals surface area contributed by atoms with Crippen molar-refractivity contribution in [2.24, 2.45) is 0 Å². The summed E-state index contributed by atoms with van der Waals surface area (Å²) in [4.78, 5) is 0. The molecule has 82 valence electrons. The van der Waals surface area contributed by atoms with Gasteiger partial charge in [0.2, 0.25) is 0 Å². The van der Waals surface area contributed by atoms with Gasteiger partial charge in [-0.05, 0) is 37.5 Å². The third kappa shape index (κ3) is 2.52. The van der Waals surface area contributed by atoms with Crippen LogP contribution in [0.25, 0.3) is 0 Å². The van der Waals surface area contributed by atoms with Gasteiger partial charge in [0.15, 0.2) is 0 Å². The number of aryl methyl sites for hydroxylation is 1. The monoisotopic (exact) mass is 269 g/mol. The number of hydrogen-bond donors (Lipinski definition) is 1. The second-order valence-electron chi connectivity index (χ2n) is 4.13. The Balaban J connectivity index is 1.97. The highest BCUT2D eigenvalue weighted by atomic mass is 79.9. The summed E-state index contributed by atoms with van der Waals surface area (Å²) in [7, 11) is 1.78. The van der Waals surface area contributed by atoms with E-state index >= 15 is 0 Å². The first-order valence-electron chi connectivity index (χ1n) is 5.24. The molecule has 1 aromatic rings. The number of hydrogen-bond acceptors (Lipinski definition) is 2. The maximum Gasteiger partial charge on any atom is 0.0610 e. The molecule has 2 rings (SSSR count). The first-order valence-corrected chi connectivity index (χ1v) is 6.04. The minimum atomic E-state index is 0.454. The van der Waals surface area contributed by atoms with E-state index in [1.165, 1.54) is 11.3 Å². The Bertz CT molecular complexity index is 347. The summed E-state index contributed by atoms with van der Waals surface area (Å²) in [5.74, 6) is 0. The van der Waals surface area contributed by atoms with Crippen LogP contribution in [0.3, 0.4) is 0 Å². The van der Waals surface area contributed by atoms with Crippen LogP contribution < -0.4 is 5.32 Å². The van der Waals surface area contributed by atoms with Gasteiger partial charge in [-0.15, -0.1) is 0 Å². The van der Waals surface area contributed by atoms with E-state index in [-0.39, 0.29) is 0 Å². The Morgan fingerprint density at radius 3 is 2.80 bits per heavy atom. The predicted octanol–water partition coefficient (Wildman–Crippen LogP) is 3.35. The number of ether oxygens (including phenoxy) is 1. The zero-order valence-corrected chi connectivity index (χ0v) is 10.7. The molecule has 0 bridgehead atoms. The van der Waals surface area contributed by atoms with Crippen molar-refractivity contribution in [1.29, 1.82) is 0 Å². The van der Waals surface area contributed by atoms with Gasteiger partial charge in [0.1, 0.15) is 0 Å². The molecule has 1 fully saturated rings. The highest BCUT2D eigenvalue weighted by Crippen LogP contribution is 2.28. The quantitative estimate of drug-likeness (QED) is 0.909. The van der Waals surface area contributed by atoms with E-state index in [2.05, 4.69) is 46.4 Å². The Morgan fingerprint density at radius 1 is 1.40 bits per heavy atom. The lowest BCUT2D eigenvalue weighted by Gasteiger charge is -2.35. The summed E-state index contributed by atoms with van der Waals surface area (Å²) in [5, 5.41) is 3.54. The van der Waals surface area contributed by atoms with Crippen molar-refractivity contribution in [3.63, 3.8) is 0 Å². The lowest BCUT2D eigenvalue weighted by molar-refractivity contribution is 0.0328. The Labute approximate surface area is 99.1 Å². The SMILES string of the molecule is COC1CC(Nc2cc(Br)ccc2C)C1. The van der Waals surface area contributed by atoms with E-state index in [9.17, 15) is 0 Å². The van der Waals surface area contributed by atoms with Crippen LogP contribution in [-0.4, -0.2) is 19.3 Å². The van der Waals surface area contributed by atoms with Crippen LogP contribution in [0.4, 0.5) is 5.69 Å². The number of nitrogens with one attached hydrogen (secondary N) is 1. The molecule has 3 heteroatoms. The fraction of sp³-hybridized carbons (Fsp3) is 0.500. The molecule has 1 N–H and O–H groups in total. The molecule has 1 aromatic carbocycles. The summed E-state index contributed by atoms with van der Waals surface area (Å²) in [6.07, 6.45) is 2.68. The van der Waals surface area contributed by atoms with Crippen LogP contribution in [0.15, 0.2) is 22.7 Å². The molecule has 1 aliphatic rings. The standard InChI is InChI=1S/C12H16BrNO/c1-8-3-4-9(13)5-12(8)14-10-6-11(7-10)15-2/h3-5,10-11,14H,6-7H2,1-2H3. The van der Waals surface area contributed by atoms with Gasteiger partial charge < -0.3 is 10.1 Å². The molecule has 0 saturated heterocycles. The number of methoxy groups -OCH3 is 1. The number of halogens is 1. The van der Waals surface area contributed by atoms with Crippen molar-refractivity contribution < 1.29 is 4.74 Å². The summed E-state index contributed by atoms with van der Waals surface area (Å²) in [5.41, 5.74) is 2.52. The first kappa shape index (κ1) is 11.0. The predicted molar refractivity (Wildman–Crippen MR) is 66.3 cm³/mol. The van der Waals surface area contributed by atoms with Gasteiger partial charge in [0.05, 0.1) is 6.10 Å². The molecule has 0 radical (unpaired) electrons. The highest BCUT2D eigenvalue weighted by molar-refractivity contribution is 9.10. The lowest BCUT2D eigenvalue weighted by atomic mass is 9.89. The number of benzene rings is 1. The lowest BCUT2D eigenvalue weighted by Crippen LogP contribution is -2.40. The smallest absolute Gasteiger partial charge is 0.0610 e. The molecule has 0 aliphatic heterocycles. The van der Waals surface area contributed by atoms with E-state index in [0.717, 1.165) is 17.3 Å². The maximum absolute atomic E-state index is 5.26. The molecular weight excluding hydrogens is 254 g/mol. The van der Waals surface area contributed by atoms with E-state index in [1.54, 1.807) is 7.11 Å². The third-order valence-electron chi connectivity index (χ3n) is 2.99. The minimum absolute atomic E-state index is 0.454. The van der Waals surface area contributed by atoms with Crippen molar-refractivity contribution in [3.05, 3.63) is 28.2 Å². The normalized spacial score (nSPS) is 24.7. The zero-order valence-electron chi connectivity index (χ0n) is 9.09. The second-order valence-corrected chi connectivity index (χ2v) is 5.05. The molecule has 0 unspecified atom stereocenters. The summed E-state index contributed by atoms with van der Waals surface area (Å²) in [6.45, 7) is 2.13. The molecule has 0 atom stereocenters. The highest BCUT2D eigenvalue weighted by Gasteiger charge is 2.28. The average molecular weight is 270 g/mol. The van der Waals surface area contributed by atoms with Gasteiger partial charge in [-0.3, -0.25) is 0 Å². The van der Waals surface area contributed by atoms with E-state index in [1.807, 2.05) is 0 Å². The van der Waals surface area contributed by atoms with Crippen molar-refractivity contribution in [2.75, 3.05) is 12.4 Å². The summed E-state index contributed by atoms with van der Waals surface area (Å²) in [6, 6.07) is 6.90. The molecule has 0 aromatic heterocycles. The van der Waals surface area contributed by atoms with Gasteiger partial charge >= 0.3 is 0 Å². The molecule has 0 heterocycles. The Morgan fingerprint density at radius 2 is 2.13 bits per heavy atom. The largest absolute Gasteiger partial charge is 0.382 e. The van der Waals surface area contributed by atoms with E-state index in [0.29, 0.717) is 12.1 Å². The first-order chi connectivity index (χ1) is 7.19. The van der Waals surface area contributed by atoms with Gasteiger partial charge in [-0.2, -0.15) is 0 Å². The van der Waals surface area contributed by atoms with Crippen molar-refractivity contribution in [1.82, 2.24) is 0 Å². The average Bonchev–Trinajstić information content (AvgIpc) is 2.16. The van der Waals surface area contributed by atoms with Crippen LogP contribution in [-0.2, 0) is 4.74 Å². The molecule has 15 heavy (non-hydrogen) atoms. The molecule has 0 amide bonds. The topological polar surface area (TPSA) is 21.3 Å². The van der Waals surface area contributed by atoms with Gasteiger partial charge in [-0.1, -0.05) is 22.0 Å². The summed E-state index contributed by atoms with van der Waals surface area (Å²) < 4.78 is 6.38. The van der Waals surface area contributed by atoms with Gasteiger partial charge in [0.25, 0.3) is 0 Å². The van der Waals surface area contributed by atoms with Crippen LogP contribution in [0.1, 0.15) is 18.4 Å². The zero-order chi connectivity index (χ0) is 10.8. The van der Waals surface area contributed by atoms with Gasteiger partial charge in [0, 0.05) is 23.3 Å². The molecule has 0 spiro atoms. The summed E-state index contributed by atoms with van der Waals surface area (Å²) >= 11 is 3.49. The van der Waals surface area contributed by atoms with Crippen molar-refractivity contribution >= 4 is 21.6 Å². The van der Waals surface area contributed by atoms with Crippen LogP contribution in [0.5, 0.6) is 0 Å². The van der Waals surface area contributed by atoms with Crippen LogP contribution in [0, 0.1) is 6.92 Å². The molecule has 1 aliphatic carbocycles. The molecule has 2 nitrogen and oxygen atoms in total. The minimum Gasteiger partial charge on any atom is -0.382 e. The molecule has 1 saturated carbocycles. The van der Waals surface area contributed by atoms with E-state index in [4.69, 9.17) is 4.74 Å². The Kier molecular flexibility index (Phi) is 3.32. The fourth-order valence-electron chi connectivity index (χ4n) is 1.85. The van der Waals surface area contributed by atoms with Crippen LogP contribution >= 0.6 is 15.9 Å². The Hall–Kier alpha value is -0.540. The van der Waals surface area contributed by atoms with Crippen LogP contribution in [0.2, 0.25) is 0 Å². The second kappa shape index (κ2) is 4.54. The van der Waals surface area contributed by atoms with Crippen molar-refractivity contribution in [3.8, 4) is 0 Å².